The smallest absolute Gasteiger partial charge is 0.394 e. The van der Waals surface area contributed by atoms with Crippen molar-refractivity contribution in [2.24, 2.45) is 0 Å². The molecule has 236 valence electrons. The Kier molecular flexibility index (Phi) is 24.8. The maximum absolute atomic E-state index is 11.5. The van der Waals surface area contributed by atoms with Crippen LogP contribution in [0, 0.1) is 0 Å². The van der Waals surface area contributed by atoms with E-state index >= 15 is 0 Å². The fraction of sp³-hybridized carbons (Fsp3) is 0.852. The Hall–Kier alpha value is -0.370. The second kappa shape index (κ2) is 25.0. The van der Waals surface area contributed by atoms with Gasteiger partial charge in [-0.15, -0.1) is 0 Å². The normalized spacial score (nSPS) is 20.2. The SMILES string of the molecule is CCCCCCCCCCCCCCCCC[CH2][Na].Nc1ccn([C@@H]2O[C@H](CO)[C@@H](O)[C@H]2O)c(=O)n1.O=P(O)(O)O. The number of nitrogens with two attached hydrogens (primary N) is 1. The van der Waals surface area contributed by atoms with Gasteiger partial charge >= 0.3 is 116 Å². The molecule has 1 aliphatic heterocycles. The number of aromatic nitrogens is 2. The molecular formula is C27H53N3NaO9P. The summed E-state index contributed by atoms with van der Waals surface area (Å²) in [5.41, 5.74) is 4.63. The van der Waals surface area contributed by atoms with Crippen LogP contribution >= 0.6 is 7.82 Å². The van der Waals surface area contributed by atoms with E-state index < -0.39 is 44.7 Å². The van der Waals surface area contributed by atoms with Crippen molar-refractivity contribution in [1.82, 2.24) is 9.55 Å². The van der Waals surface area contributed by atoms with Crippen molar-refractivity contribution in [3.63, 3.8) is 0 Å². The summed E-state index contributed by atoms with van der Waals surface area (Å²) < 4.78 is 16.6. The van der Waals surface area contributed by atoms with Gasteiger partial charge in [0, 0.05) is 6.20 Å². The van der Waals surface area contributed by atoms with Crippen molar-refractivity contribution in [3.05, 3.63) is 22.7 Å². The van der Waals surface area contributed by atoms with Gasteiger partial charge < -0.3 is 40.5 Å². The van der Waals surface area contributed by atoms with E-state index in [1.54, 1.807) is 0 Å². The summed E-state index contributed by atoms with van der Waals surface area (Å²) in [6, 6.07) is 1.37. The first-order chi connectivity index (χ1) is 19.5. The number of nitrogen functional groups attached to an aromatic ring is 1. The number of hydrogen-bond donors (Lipinski definition) is 7. The molecule has 0 aromatic carbocycles. The number of ether oxygens (including phenoxy) is 1. The van der Waals surface area contributed by atoms with Crippen LogP contribution in [0.2, 0.25) is 3.67 Å². The first kappa shape index (κ1) is 40.6. The molecule has 1 fully saturated rings. The molecule has 8 N–H and O–H groups in total. The van der Waals surface area contributed by atoms with Crippen LogP contribution in [0.5, 0.6) is 0 Å². The standard InChI is InChI=1S/C18H37.C9H13N3O5.Na.H3O4P/c1-3-5-7-9-11-13-15-17-18-16-14-12-10-8-6-4-2;10-5-1-2-12(9(16)11-5)8-7(15)6(14)4(3-13)17-8;;1-5(2,3)4/h1,3-18H2,2H3;1-2,4,6-8,13-15H,3H2,(H2,10,11,16);;(H3,1,2,3,4)/t;4-,6-,7-,8-;;/m.1../s1. The monoisotopic (exact) mass is 617 g/mol. The molecule has 1 aromatic rings. The minimum Gasteiger partial charge on any atom is -0.394 e. The number of hydrogen-bond acceptors (Lipinski definition) is 8. The molecule has 14 heteroatoms. The van der Waals surface area contributed by atoms with E-state index in [0.29, 0.717) is 0 Å². The Balaban J connectivity index is 0.000000672. The topological polar surface area (TPSA) is 209 Å². The molecule has 2 rings (SSSR count). The zero-order valence-corrected chi connectivity index (χ0v) is 27.9. The fourth-order valence-corrected chi connectivity index (χ4v) is 5.03. The summed E-state index contributed by atoms with van der Waals surface area (Å²) in [6.07, 6.45) is 20.5. The summed E-state index contributed by atoms with van der Waals surface area (Å²) in [7, 11) is -4.64. The Morgan fingerprint density at radius 2 is 1.29 bits per heavy atom. The summed E-state index contributed by atoms with van der Waals surface area (Å²) in [5, 5.41) is 28.2. The van der Waals surface area contributed by atoms with Gasteiger partial charge in [-0.3, -0.25) is 4.57 Å². The molecule has 2 heterocycles. The van der Waals surface area contributed by atoms with Gasteiger partial charge in [0.05, 0.1) is 6.61 Å². The number of anilines is 1. The zero-order valence-electron chi connectivity index (χ0n) is 25.0. The molecule has 0 unspecified atom stereocenters. The van der Waals surface area contributed by atoms with Gasteiger partial charge in [0.15, 0.2) is 6.23 Å². The molecular weight excluding hydrogens is 564 g/mol. The second-order valence-corrected chi connectivity index (χ2v) is 12.6. The van der Waals surface area contributed by atoms with Crippen LogP contribution < -0.4 is 11.4 Å². The van der Waals surface area contributed by atoms with E-state index in [0.717, 1.165) is 4.57 Å². The van der Waals surface area contributed by atoms with Gasteiger partial charge in [0.25, 0.3) is 0 Å². The first-order valence-electron chi connectivity index (χ1n) is 15.2. The van der Waals surface area contributed by atoms with Gasteiger partial charge in [0.2, 0.25) is 0 Å². The van der Waals surface area contributed by atoms with Crippen LogP contribution in [0.3, 0.4) is 0 Å². The summed E-state index contributed by atoms with van der Waals surface area (Å²) in [6.45, 7) is 1.84. The molecule has 0 radical (unpaired) electrons. The van der Waals surface area contributed by atoms with Crippen LogP contribution in [0.25, 0.3) is 0 Å². The van der Waals surface area contributed by atoms with Gasteiger partial charge in [0.1, 0.15) is 24.1 Å². The molecule has 0 bridgehead atoms. The van der Waals surface area contributed by atoms with Crippen LogP contribution in [-0.4, -0.2) is 92.4 Å². The third-order valence-corrected chi connectivity index (χ3v) is 7.56. The van der Waals surface area contributed by atoms with Crippen LogP contribution in [0.4, 0.5) is 5.82 Å². The average Bonchev–Trinajstić information content (AvgIpc) is 3.19. The minimum absolute atomic E-state index is 0.0537. The van der Waals surface area contributed by atoms with Crippen LogP contribution in [-0.2, 0) is 9.30 Å². The van der Waals surface area contributed by atoms with Crippen molar-refractivity contribution < 1.29 is 39.3 Å². The molecule has 4 atom stereocenters. The second-order valence-electron chi connectivity index (χ2n) is 10.6. The number of aliphatic hydroxyl groups is 3. The van der Waals surface area contributed by atoms with Crippen molar-refractivity contribution >= 4 is 41.6 Å². The molecule has 12 nitrogen and oxygen atoms in total. The average molecular weight is 618 g/mol. The van der Waals surface area contributed by atoms with Gasteiger partial charge in [-0.2, -0.15) is 4.98 Å². The molecule has 0 amide bonds. The van der Waals surface area contributed by atoms with E-state index in [-0.39, 0.29) is 5.82 Å². The van der Waals surface area contributed by atoms with Gasteiger partial charge in [-0.05, 0) is 6.07 Å². The quantitative estimate of drug-likeness (QED) is 0.0722. The number of rotatable bonds is 18. The van der Waals surface area contributed by atoms with Crippen LogP contribution in [0.15, 0.2) is 17.1 Å². The molecule has 1 aromatic heterocycles. The first-order valence-corrected chi connectivity index (χ1v) is 18.2. The molecule has 0 spiro atoms. The maximum Gasteiger partial charge on any atom is 0.466 e. The number of aliphatic hydroxyl groups excluding tert-OH is 3. The zero-order chi connectivity index (χ0) is 31.1. The Morgan fingerprint density at radius 1 is 0.878 bits per heavy atom. The molecule has 1 saturated heterocycles. The van der Waals surface area contributed by atoms with E-state index in [2.05, 4.69) is 11.9 Å². The van der Waals surface area contributed by atoms with Gasteiger partial charge in [-0.25, -0.2) is 9.36 Å². The van der Waals surface area contributed by atoms with E-state index in [1.807, 2.05) is 0 Å². The van der Waals surface area contributed by atoms with E-state index in [4.69, 9.17) is 34.8 Å². The van der Waals surface area contributed by atoms with E-state index in [9.17, 15) is 15.0 Å². The largest absolute Gasteiger partial charge is 0.466 e. The van der Waals surface area contributed by atoms with Crippen molar-refractivity contribution in [2.45, 2.75) is 138 Å². The third kappa shape index (κ3) is 21.9. The molecule has 1 aliphatic rings. The van der Waals surface area contributed by atoms with Crippen molar-refractivity contribution in [2.75, 3.05) is 12.3 Å². The molecule has 0 saturated carbocycles. The Labute approximate surface area is 262 Å². The Bertz CT molecular complexity index is 850. The molecule has 41 heavy (non-hydrogen) atoms. The Morgan fingerprint density at radius 3 is 1.63 bits per heavy atom. The van der Waals surface area contributed by atoms with E-state index in [1.165, 1.54) is 147 Å². The predicted octanol–water partition coefficient (Wildman–Crippen LogP) is 3.34. The predicted molar refractivity (Wildman–Crippen MR) is 160 cm³/mol. The van der Waals surface area contributed by atoms with Crippen molar-refractivity contribution in [3.8, 4) is 0 Å². The van der Waals surface area contributed by atoms with Gasteiger partial charge in [-0.1, -0.05) is 39.0 Å². The summed E-state index contributed by atoms with van der Waals surface area (Å²) >= 11 is 1.41. The third-order valence-electron chi connectivity index (χ3n) is 6.85. The fourth-order valence-electron chi connectivity index (χ4n) is 4.53. The minimum atomic E-state index is -4.64. The number of nitrogens with zero attached hydrogens (tertiary/aromatic N) is 2. The molecule has 0 aliphatic carbocycles. The number of unbranched alkanes of at least 4 members (excludes halogenated alkanes) is 15. The summed E-state index contributed by atoms with van der Waals surface area (Å²) in [4.78, 5) is 36.6. The van der Waals surface area contributed by atoms with Crippen molar-refractivity contribution in [1.29, 1.82) is 0 Å². The summed E-state index contributed by atoms with van der Waals surface area (Å²) in [5.74, 6) is 0.0537. The number of phosphoric acid groups is 1. The maximum atomic E-state index is 11.5. The van der Waals surface area contributed by atoms with Crippen LogP contribution in [0.1, 0.15) is 116 Å².